The van der Waals surface area contributed by atoms with E-state index in [1.165, 1.54) is 0 Å². The number of aliphatic hydroxyl groups excluding tert-OH is 1. The van der Waals surface area contributed by atoms with Crippen LogP contribution in [0.4, 0.5) is 0 Å². The number of aromatic nitrogens is 2. The Morgan fingerprint density at radius 1 is 1.22 bits per heavy atom. The van der Waals surface area contributed by atoms with Crippen LogP contribution in [0.3, 0.4) is 0 Å². The lowest BCUT2D eigenvalue weighted by Crippen LogP contribution is -2.24. The van der Waals surface area contributed by atoms with Gasteiger partial charge in [-0.3, -0.25) is 0 Å². The van der Waals surface area contributed by atoms with Crippen LogP contribution in [0, 0.1) is 13.8 Å². The lowest BCUT2D eigenvalue weighted by Gasteiger charge is -2.15. The molecule has 0 saturated carbocycles. The van der Waals surface area contributed by atoms with Crippen LogP contribution in [0.25, 0.3) is 11.0 Å². The Hall–Kier alpha value is -2.04. The molecule has 3 rings (SSSR count). The first-order chi connectivity index (χ1) is 11.0. The van der Waals surface area contributed by atoms with Gasteiger partial charge in [0.15, 0.2) is 0 Å². The second kappa shape index (κ2) is 6.60. The van der Waals surface area contributed by atoms with E-state index in [9.17, 15) is 5.11 Å². The van der Waals surface area contributed by atoms with Gasteiger partial charge in [-0.25, -0.2) is 4.98 Å². The molecule has 0 aliphatic rings. The van der Waals surface area contributed by atoms with Crippen LogP contribution in [0.15, 0.2) is 42.5 Å². The van der Waals surface area contributed by atoms with Crippen LogP contribution in [0.1, 0.15) is 11.4 Å². The molecule has 0 bridgehead atoms. The molecule has 5 heteroatoms. The van der Waals surface area contributed by atoms with Crippen molar-refractivity contribution in [2.75, 3.05) is 6.61 Å². The van der Waals surface area contributed by atoms with Gasteiger partial charge in [-0.2, -0.15) is 0 Å². The first-order valence-electron chi connectivity index (χ1n) is 7.53. The molecule has 1 N–H and O–H groups in total. The van der Waals surface area contributed by atoms with Crippen LogP contribution in [-0.2, 0) is 6.54 Å². The smallest absolute Gasteiger partial charge is 0.138 e. The lowest BCUT2D eigenvalue weighted by molar-refractivity contribution is 0.0929. The maximum Gasteiger partial charge on any atom is 0.138 e. The monoisotopic (exact) mass is 330 g/mol. The van der Waals surface area contributed by atoms with E-state index in [0.29, 0.717) is 17.3 Å². The van der Waals surface area contributed by atoms with Crippen molar-refractivity contribution in [3.05, 3.63) is 58.9 Å². The third-order valence-electron chi connectivity index (χ3n) is 3.76. The lowest BCUT2D eigenvalue weighted by atomic mass is 10.2. The molecular weight excluding hydrogens is 312 g/mol. The zero-order valence-electron chi connectivity index (χ0n) is 13.2. The van der Waals surface area contributed by atoms with Gasteiger partial charge >= 0.3 is 0 Å². The van der Waals surface area contributed by atoms with Crippen LogP contribution in [0.5, 0.6) is 5.75 Å². The number of benzene rings is 2. The summed E-state index contributed by atoms with van der Waals surface area (Å²) < 4.78 is 7.67. The fourth-order valence-electron chi connectivity index (χ4n) is 2.60. The van der Waals surface area contributed by atoms with E-state index in [1.54, 1.807) is 6.07 Å². The Morgan fingerprint density at radius 3 is 2.83 bits per heavy atom. The van der Waals surface area contributed by atoms with Crippen molar-refractivity contribution in [3.8, 4) is 5.75 Å². The molecule has 0 spiro atoms. The van der Waals surface area contributed by atoms with Gasteiger partial charge in [0.25, 0.3) is 0 Å². The summed E-state index contributed by atoms with van der Waals surface area (Å²) in [6.07, 6.45) is -0.650. The quantitative estimate of drug-likeness (QED) is 0.775. The Bertz CT molecular complexity index is 829. The predicted octanol–water partition coefficient (Wildman–Crippen LogP) is 3.75. The summed E-state index contributed by atoms with van der Waals surface area (Å²) >= 11 is 6.10. The van der Waals surface area contributed by atoms with E-state index >= 15 is 0 Å². The molecule has 23 heavy (non-hydrogen) atoms. The van der Waals surface area contributed by atoms with Gasteiger partial charge in [0.1, 0.15) is 24.3 Å². The van der Waals surface area contributed by atoms with Gasteiger partial charge in [0, 0.05) is 0 Å². The number of hydrogen-bond acceptors (Lipinski definition) is 3. The predicted molar refractivity (Wildman–Crippen MR) is 92.2 cm³/mol. The summed E-state index contributed by atoms with van der Waals surface area (Å²) in [6.45, 7) is 4.51. The largest absolute Gasteiger partial charge is 0.489 e. The van der Waals surface area contributed by atoms with E-state index in [1.807, 2.05) is 54.8 Å². The highest BCUT2D eigenvalue weighted by Crippen LogP contribution is 2.25. The molecule has 0 fully saturated rings. The van der Waals surface area contributed by atoms with Crippen molar-refractivity contribution < 1.29 is 9.84 Å². The first kappa shape index (κ1) is 15.8. The van der Waals surface area contributed by atoms with Crippen molar-refractivity contribution in [2.45, 2.75) is 26.5 Å². The molecule has 0 saturated heterocycles. The fraction of sp³-hybridized carbons (Fsp3) is 0.278. The summed E-state index contributed by atoms with van der Waals surface area (Å²) in [4.78, 5) is 4.50. The molecule has 0 amide bonds. The fourth-order valence-corrected chi connectivity index (χ4v) is 2.77. The van der Waals surface area contributed by atoms with E-state index in [2.05, 4.69) is 4.98 Å². The highest BCUT2D eigenvalue weighted by Gasteiger charge is 2.13. The zero-order valence-corrected chi connectivity index (χ0v) is 13.9. The molecule has 120 valence electrons. The number of fused-ring (bicyclic) bond motifs is 1. The molecule has 1 atom stereocenters. The standard InChI is InChI=1S/C18H19ClN2O2/c1-12-7-8-15(19)18(9-12)23-11-14(22)10-21-13(2)20-16-5-3-4-6-17(16)21/h3-9,14,22H,10-11H2,1-2H3/t14-/m1/s1. The maximum atomic E-state index is 10.3. The Balaban J connectivity index is 1.70. The summed E-state index contributed by atoms with van der Waals surface area (Å²) in [5.41, 5.74) is 3.01. The van der Waals surface area contributed by atoms with Gasteiger partial charge in [-0.1, -0.05) is 29.8 Å². The van der Waals surface area contributed by atoms with Gasteiger partial charge in [-0.15, -0.1) is 0 Å². The Morgan fingerprint density at radius 2 is 2.00 bits per heavy atom. The topological polar surface area (TPSA) is 47.3 Å². The van der Waals surface area contributed by atoms with Crippen molar-refractivity contribution in [2.24, 2.45) is 0 Å². The highest BCUT2D eigenvalue weighted by atomic mass is 35.5. The molecule has 3 aromatic rings. The van der Waals surface area contributed by atoms with Crippen LogP contribution >= 0.6 is 11.6 Å². The number of hydrogen-bond donors (Lipinski definition) is 1. The number of rotatable bonds is 5. The number of halogens is 1. The molecule has 2 aromatic carbocycles. The van der Waals surface area contributed by atoms with Gasteiger partial charge in [-0.05, 0) is 43.7 Å². The summed E-state index contributed by atoms with van der Waals surface area (Å²) in [6, 6.07) is 13.5. The van der Waals surface area contributed by atoms with Crippen molar-refractivity contribution in [1.29, 1.82) is 0 Å². The SMILES string of the molecule is Cc1ccc(Cl)c(OC[C@H](O)Cn2c(C)nc3ccccc32)c1. The molecule has 4 nitrogen and oxygen atoms in total. The number of aryl methyl sites for hydroxylation is 2. The normalized spacial score (nSPS) is 12.5. The number of imidazole rings is 1. The Kier molecular flexibility index (Phi) is 4.55. The van der Waals surface area contributed by atoms with Crippen LogP contribution in [0.2, 0.25) is 5.02 Å². The van der Waals surface area contributed by atoms with E-state index in [-0.39, 0.29) is 6.61 Å². The molecule has 0 aliphatic carbocycles. The second-order valence-corrected chi connectivity index (χ2v) is 6.06. The van der Waals surface area contributed by atoms with Crippen LogP contribution in [-0.4, -0.2) is 27.4 Å². The second-order valence-electron chi connectivity index (χ2n) is 5.66. The van der Waals surface area contributed by atoms with E-state index < -0.39 is 6.10 Å². The van der Waals surface area contributed by atoms with Gasteiger partial charge in [0.05, 0.1) is 22.6 Å². The average Bonchev–Trinajstić information content (AvgIpc) is 2.84. The maximum absolute atomic E-state index is 10.3. The molecule has 0 radical (unpaired) electrons. The molecular formula is C18H19ClN2O2. The summed E-state index contributed by atoms with van der Waals surface area (Å²) in [5.74, 6) is 1.47. The zero-order chi connectivity index (χ0) is 16.4. The number of aliphatic hydroxyl groups is 1. The highest BCUT2D eigenvalue weighted by molar-refractivity contribution is 6.32. The number of para-hydroxylation sites is 2. The van der Waals surface area contributed by atoms with Gasteiger partial charge in [0.2, 0.25) is 0 Å². The minimum atomic E-state index is -0.650. The number of ether oxygens (including phenoxy) is 1. The molecule has 1 aromatic heterocycles. The van der Waals surface area contributed by atoms with E-state index in [4.69, 9.17) is 16.3 Å². The molecule has 0 unspecified atom stereocenters. The van der Waals surface area contributed by atoms with Crippen LogP contribution < -0.4 is 4.74 Å². The molecule has 1 heterocycles. The minimum absolute atomic E-state index is 0.176. The van der Waals surface area contributed by atoms with Gasteiger partial charge < -0.3 is 14.4 Å². The summed E-state index contributed by atoms with van der Waals surface area (Å²) in [5, 5.41) is 10.9. The first-order valence-corrected chi connectivity index (χ1v) is 7.91. The molecule has 0 aliphatic heterocycles. The average molecular weight is 331 g/mol. The van der Waals surface area contributed by atoms with Crippen molar-refractivity contribution >= 4 is 22.6 Å². The third-order valence-corrected chi connectivity index (χ3v) is 4.07. The van der Waals surface area contributed by atoms with E-state index in [0.717, 1.165) is 22.4 Å². The van der Waals surface area contributed by atoms with Crippen molar-refractivity contribution in [3.63, 3.8) is 0 Å². The number of nitrogens with zero attached hydrogens (tertiary/aromatic N) is 2. The third kappa shape index (κ3) is 3.49. The Labute approximate surface area is 140 Å². The summed E-state index contributed by atoms with van der Waals surface area (Å²) in [7, 11) is 0. The van der Waals surface area contributed by atoms with Crippen molar-refractivity contribution in [1.82, 2.24) is 9.55 Å². The minimum Gasteiger partial charge on any atom is -0.489 e.